The number of likely N-dealkylation sites (N-methyl/N-ethyl adjacent to an activating group) is 1. The van der Waals surface area contributed by atoms with Crippen LogP contribution in [0, 0.1) is 0 Å². The summed E-state index contributed by atoms with van der Waals surface area (Å²) in [7, 11) is 1.52. The second-order valence-electron chi connectivity index (χ2n) is 6.19. The van der Waals surface area contributed by atoms with Crippen molar-refractivity contribution in [3.05, 3.63) is 24.3 Å². The third-order valence-corrected chi connectivity index (χ3v) is 5.54. The molecule has 2 aromatic rings. The Bertz CT molecular complexity index is 738. The summed E-state index contributed by atoms with van der Waals surface area (Å²) in [4.78, 5) is 34.9. The van der Waals surface area contributed by atoms with Gasteiger partial charge < -0.3 is 9.64 Å². The van der Waals surface area contributed by atoms with E-state index in [1.165, 1.54) is 18.4 Å². The third kappa shape index (κ3) is 4.20. The number of anilines is 1. The topological polar surface area (TPSA) is 66.0 Å². The van der Waals surface area contributed by atoms with Gasteiger partial charge in [0, 0.05) is 39.8 Å². The van der Waals surface area contributed by atoms with E-state index >= 15 is 0 Å². The van der Waals surface area contributed by atoms with E-state index in [0.717, 1.165) is 15.3 Å². The number of carbonyl (C=O) groups excluding carboxylic acids is 2. The first kappa shape index (κ1) is 18.8. The van der Waals surface area contributed by atoms with Crippen LogP contribution in [0.25, 0.3) is 10.2 Å². The normalized spacial score (nSPS) is 15.4. The molecule has 1 aliphatic rings. The lowest BCUT2D eigenvalue weighted by Gasteiger charge is -2.35. The van der Waals surface area contributed by atoms with Gasteiger partial charge in [-0.3, -0.25) is 19.4 Å². The van der Waals surface area contributed by atoms with Gasteiger partial charge in [0.1, 0.15) is 6.61 Å². The first-order valence-corrected chi connectivity index (χ1v) is 9.59. The van der Waals surface area contributed by atoms with Crippen LogP contribution in [0.4, 0.5) is 5.13 Å². The number of para-hydroxylation sites is 1. The van der Waals surface area contributed by atoms with Gasteiger partial charge >= 0.3 is 0 Å². The highest BCUT2D eigenvalue weighted by Gasteiger charge is 2.25. The number of fused-ring (bicyclic) bond motifs is 1. The molecule has 0 atom stereocenters. The molecular weight excluding hydrogens is 352 g/mol. The predicted octanol–water partition coefficient (Wildman–Crippen LogP) is 1.44. The number of benzene rings is 1. The lowest BCUT2D eigenvalue weighted by molar-refractivity contribution is -0.137. The number of hydrogen-bond acceptors (Lipinski definition) is 6. The van der Waals surface area contributed by atoms with Gasteiger partial charge in [-0.2, -0.15) is 0 Å². The molecule has 140 valence electrons. The fourth-order valence-corrected chi connectivity index (χ4v) is 4.09. The number of aromatic nitrogens is 1. The van der Waals surface area contributed by atoms with E-state index in [2.05, 4.69) is 9.88 Å². The van der Waals surface area contributed by atoms with Gasteiger partial charge in [-0.1, -0.05) is 23.5 Å². The van der Waals surface area contributed by atoms with E-state index < -0.39 is 0 Å². The minimum atomic E-state index is 0.00290. The number of piperazine rings is 1. The predicted molar refractivity (Wildman–Crippen MR) is 103 cm³/mol. The van der Waals surface area contributed by atoms with Crippen molar-refractivity contribution in [2.45, 2.75) is 6.92 Å². The van der Waals surface area contributed by atoms with Crippen LogP contribution in [-0.2, 0) is 14.3 Å². The van der Waals surface area contributed by atoms with Gasteiger partial charge in [0.2, 0.25) is 11.8 Å². The minimum Gasteiger partial charge on any atom is -0.375 e. The lowest BCUT2D eigenvalue weighted by Crippen LogP contribution is -2.52. The SMILES string of the molecule is CCN(C(=O)CN1CCN(C(=O)COC)CC1)c1nc2ccccc2s1. The summed E-state index contributed by atoms with van der Waals surface area (Å²) in [6, 6.07) is 7.91. The average molecular weight is 376 g/mol. The van der Waals surface area contributed by atoms with Crippen molar-refractivity contribution in [2.24, 2.45) is 0 Å². The van der Waals surface area contributed by atoms with E-state index in [1.807, 2.05) is 31.2 Å². The minimum absolute atomic E-state index is 0.00290. The second kappa shape index (κ2) is 8.57. The standard InChI is InChI=1S/C18H24N4O3S/c1-3-22(18-19-14-6-4-5-7-15(14)26-18)16(23)12-20-8-10-21(11-9-20)17(24)13-25-2/h4-7H,3,8-13H2,1-2H3. The fraction of sp³-hybridized carbons (Fsp3) is 0.500. The van der Waals surface area contributed by atoms with Crippen molar-refractivity contribution in [1.29, 1.82) is 0 Å². The molecule has 0 radical (unpaired) electrons. The molecule has 0 saturated carbocycles. The number of hydrogen-bond donors (Lipinski definition) is 0. The van der Waals surface area contributed by atoms with Crippen molar-refractivity contribution in [1.82, 2.24) is 14.8 Å². The average Bonchev–Trinajstić information content (AvgIpc) is 3.06. The van der Waals surface area contributed by atoms with Crippen LogP contribution < -0.4 is 4.90 Å². The Morgan fingerprint density at radius 1 is 1.23 bits per heavy atom. The maximum Gasteiger partial charge on any atom is 0.248 e. The third-order valence-electron chi connectivity index (χ3n) is 4.48. The first-order chi connectivity index (χ1) is 12.6. The van der Waals surface area contributed by atoms with Crippen molar-refractivity contribution in [3.8, 4) is 0 Å². The molecule has 8 heteroatoms. The molecule has 2 heterocycles. The van der Waals surface area contributed by atoms with Crippen LogP contribution in [0.15, 0.2) is 24.3 Å². The van der Waals surface area contributed by atoms with Gasteiger partial charge in [0.15, 0.2) is 5.13 Å². The number of nitrogens with zero attached hydrogens (tertiary/aromatic N) is 4. The zero-order valence-electron chi connectivity index (χ0n) is 15.2. The maximum absolute atomic E-state index is 12.8. The maximum atomic E-state index is 12.8. The molecule has 0 spiro atoms. The summed E-state index contributed by atoms with van der Waals surface area (Å²) < 4.78 is 5.98. The first-order valence-electron chi connectivity index (χ1n) is 8.77. The molecule has 1 aromatic carbocycles. The van der Waals surface area contributed by atoms with Gasteiger partial charge in [0.25, 0.3) is 0 Å². The van der Waals surface area contributed by atoms with E-state index in [1.54, 1.807) is 9.80 Å². The smallest absolute Gasteiger partial charge is 0.248 e. The summed E-state index contributed by atoms with van der Waals surface area (Å²) in [5, 5.41) is 0.743. The Morgan fingerprint density at radius 3 is 2.62 bits per heavy atom. The molecule has 1 aromatic heterocycles. The quantitative estimate of drug-likeness (QED) is 0.763. The Morgan fingerprint density at radius 2 is 1.96 bits per heavy atom. The van der Waals surface area contributed by atoms with Gasteiger partial charge in [0.05, 0.1) is 16.8 Å². The van der Waals surface area contributed by atoms with Crippen molar-refractivity contribution >= 4 is 38.5 Å². The van der Waals surface area contributed by atoms with Crippen LogP contribution in [0.2, 0.25) is 0 Å². The van der Waals surface area contributed by atoms with Gasteiger partial charge in [-0.15, -0.1) is 0 Å². The monoisotopic (exact) mass is 376 g/mol. The molecule has 26 heavy (non-hydrogen) atoms. The molecular formula is C18H24N4O3S. The highest BCUT2D eigenvalue weighted by molar-refractivity contribution is 7.22. The summed E-state index contributed by atoms with van der Waals surface area (Å²) >= 11 is 1.54. The Kier molecular flexibility index (Phi) is 6.18. The molecule has 7 nitrogen and oxygen atoms in total. The lowest BCUT2D eigenvalue weighted by atomic mass is 10.3. The molecule has 0 bridgehead atoms. The van der Waals surface area contributed by atoms with Gasteiger partial charge in [-0.05, 0) is 19.1 Å². The number of methoxy groups -OCH3 is 1. The Balaban J connectivity index is 1.59. The highest BCUT2D eigenvalue weighted by Crippen LogP contribution is 2.28. The summed E-state index contributed by atoms with van der Waals surface area (Å²) in [6.45, 7) is 5.65. The summed E-state index contributed by atoms with van der Waals surface area (Å²) in [5.41, 5.74) is 0.920. The number of rotatable bonds is 6. The zero-order chi connectivity index (χ0) is 18.5. The number of carbonyl (C=O) groups is 2. The van der Waals surface area contributed by atoms with Crippen LogP contribution in [0.3, 0.4) is 0 Å². The molecule has 0 aliphatic carbocycles. The Hall–Kier alpha value is -2.03. The van der Waals surface area contributed by atoms with E-state index in [4.69, 9.17) is 4.74 Å². The van der Waals surface area contributed by atoms with E-state index in [9.17, 15) is 9.59 Å². The van der Waals surface area contributed by atoms with E-state index in [-0.39, 0.29) is 18.4 Å². The van der Waals surface area contributed by atoms with Crippen LogP contribution in [-0.4, -0.2) is 79.6 Å². The molecule has 0 N–H and O–H groups in total. The van der Waals surface area contributed by atoms with Crippen molar-refractivity contribution in [3.63, 3.8) is 0 Å². The second-order valence-corrected chi connectivity index (χ2v) is 7.20. The molecule has 0 unspecified atom stereocenters. The van der Waals surface area contributed by atoms with Crippen molar-refractivity contribution < 1.29 is 14.3 Å². The zero-order valence-corrected chi connectivity index (χ0v) is 16.0. The molecule has 1 saturated heterocycles. The molecule has 1 fully saturated rings. The van der Waals surface area contributed by atoms with Gasteiger partial charge in [-0.25, -0.2) is 4.98 Å². The van der Waals surface area contributed by atoms with Crippen LogP contribution >= 0.6 is 11.3 Å². The van der Waals surface area contributed by atoms with Crippen molar-refractivity contribution in [2.75, 3.05) is 57.9 Å². The molecule has 2 amide bonds. The summed E-state index contributed by atoms with van der Waals surface area (Å²) in [5.74, 6) is 0.0476. The highest BCUT2D eigenvalue weighted by atomic mass is 32.1. The largest absolute Gasteiger partial charge is 0.375 e. The van der Waals surface area contributed by atoms with Crippen LogP contribution in [0.1, 0.15) is 6.92 Å². The Labute approximate surface area is 157 Å². The van der Waals surface area contributed by atoms with E-state index in [0.29, 0.717) is 39.3 Å². The number of thiazole rings is 1. The molecule has 1 aliphatic heterocycles. The number of ether oxygens (including phenoxy) is 1. The summed E-state index contributed by atoms with van der Waals surface area (Å²) in [6.07, 6.45) is 0. The van der Waals surface area contributed by atoms with Crippen LogP contribution in [0.5, 0.6) is 0 Å². The number of amides is 2. The fourth-order valence-electron chi connectivity index (χ4n) is 3.04. The molecule has 3 rings (SSSR count).